The average molecular weight is 420 g/mol. The Bertz CT molecular complexity index is 1060. The van der Waals surface area contributed by atoms with Crippen LogP contribution in [-0.2, 0) is 14.3 Å². The number of aromatic nitrogens is 1. The summed E-state index contributed by atoms with van der Waals surface area (Å²) in [4.78, 5) is 44.2. The first-order chi connectivity index (χ1) is 14.6. The summed E-state index contributed by atoms with van der Waals surface area (Å²) in [6.45, 7) is 1.16. The number of ether oxygens (including phenoxy) is 1. The fraction of sp³-hybridized carbons (Fsp3) is 0.304. The number of carbonyl (C=O) groups excluding carboxylic acids is 3. The van der Waals surface area contributed by atoms with Crippen LogP contribution in [0.1, 0.15) is 29.6 Å². The maximum atomic E-state index is 12.7. The van der Waals surface area contributed by atoms with Crippen LogP contribution in [0.15, 0.2) is 70.6 Å². The van der Waals surface area contributed by atoms with Gasteiger partial charge in [0.2, 0.25) is 11.6 Å². The van der Waals surface area contributed by atoms with E-state index in [9.17, 15) is 14.4 Å². The summed E-state index contributed by atoms with van der Waals surface area (Å²) >= 11 is 1.41. The first kappa shape index (κ1) is 19.1. The molecule has 0 atom stereocenters. The van der Waals surface area contributed by atoms with E-state index in [4.69, 9.17) is 4.74 Å². The van der Waals surface area contributed by atoms with Crippen LogP contribution in [0.2, 0.25) is 0 Å². The monoisotopic (exact) mass is 420 g/mol. The Labute approximate surface area is 178 Å². The molecule has 2 aliphatic heterocycles. The molecule has 0 radical (unpaired) electrons. The molecule has 1 spiro atoms. The molecule has 0 aromatic carbocycles. The smallest absolute Gasteiger partial charge is 0.253 e. The molecule has 7 heteroatoms. The summed E-state index contributed by atoms with van der Waals surface area (Å²) in [6, 6.07) is 3.45. The molecule has 1 aromatic rings. The minimum Gasteiger partial charge on any atom is -0.484 e. The molecule has 1 saturated heterocycles. The van der Waals surface area contributed by atoms with Gasteiger partial charge in [-0.15, -0.1) is 11.8 Å². The highest BCUT2D eigenvalue weighted by Crippen LogP contribution is 2.47. The van der Waals surface area contributed by atoms with Gasteiger partial charge in [0, 0.05) is 60.8 Å². The number of ketones is 2. The highest BCUT2D eigenvalue weighted by molar-refractivity contribution is 8.04. The molecule has 30 heavy (non-hydrogen) atoms. The molecule has 4 aliphatic rings. The molecule has 152 valence electrons. The largest absolute Gasteiger partial charge is 0.484 e. The molecule has 3 heterocycles. The Kier molecular flexibility index (Phi) is 4.70. The van der Waals surface area contributed by atoms with E-state index in [1.54, 1.807) is 30.6 Å². The van der Waals surface area contributed by atoms with Crippen molar-refractivity contribution in [1.29, 1.82) is 0 Å². The van der Waals surface area contributed by atoms with Crippen LogP contribution in [-0.4, -0.2) is 51.8 Å². The summed E-state index contributed by atoms with van der Waals surface area (Å²) in [5.41, 5.74) is 1.32. The third-order valence-corrected chi connectivity index (χ3v) is 7.27. The zero-order chi connectivity index (χ0) is 20.7. The summed E-state index contributed by atoms with van der Waals surface area (Å²) in [7, 11) is 0. The number of likely N-dealkylation sites (tertiary alicyclic amines) is 1. The molecule has 1 fully saturated rings. The second-order valence-corrected chi connectivity index (χ2v) is 8.77. The number of nitrogens with zero attached hydrogens (tertiary/aromatic N) is 2. The highest BCUT2D eigenvalue weighted by atomic mass is 32.2. The molecule has 5 rings (SSSR count). The van der Waals surface area contributed by atoms with Gasteiger partial charge in [-0.2, -0.15) is 0 Å². The summed E-state index contributed by atoms with van der Waals surface area (Å²) in [6.07, 6.45) is 12.7. The van der Waals surface area contributed by atoms with Gasteiger partial charge in [-0.3, -0.25) is 19.4 Å². The Morgan fingerprint density at radius 2 is 1.87 bits per heavy atom. The Morgan fingerprint density at radius 3 is 2.63 bits per heavy atom. The third kappa shape index (κ3) is 3.13. The van der Waals surface area contributed by atoms with E-state index >= 15 is 0 Å². The van der Waals surface area contributed by atoms with E-state index in [1.165, 1.54) is 11.8 Å². The fourth-order valence-electron chi connectivity index (χ4n) is 4.22. The fourth-order valence-corrected chi connectivity index (χ4v) is 5.48. The number of carbonyl (C=O) groups is 3. The topological polar surface area (TPSA) is 76.6 Å². The number of pyridine rings is 1. The zero-order valence-corrected chi connectivity index (χ0v) is 17.1. The predicted molar refractivity (Wildman–Crippen MR) is 113 cm³/mol. The number of piperidine rings is 1. The van der Waals surface area contributed by atoms with Crippen molar-refractivity contribution < 1.29 is 19.1 Å². The van der Waals surface area contributed by atoms with Crippen LogP contribution in [0.25, 0.3) is 0 Å². The lowest BCUT2D eigenvalue weighted by atomic mass is 9.88. The number of amides is 1. The van der Waals surface area contributed by atoms with E-state index in [0.717, 1.165) is 0 Å². The van der Waals surface area contributed by atoms with Crippen LogP contribution in [0.5, 0.6) is 0 Å². The van der Waals surface area contributed by atoms with Gasteiger partial charge in [-0.1, -0.05) is 24.3 Å². The molecular formula is C23H20N2O4S. The second kappa shape index (κ2) is 7.40. The Hall–Kier alpha value is -2.93. The zero-order valence-electron chi connectivity index (χ0n) is 16.3. The Balaban J connectivity index is 1.38. The van der Waals surface area contributed by atoms with Gasteiger partial charge in [-0.25, -0.2) is 0 Å². The summed E-state index contributed by atoms with van der Waals surface area (Å²) in [5.74, 6) is 0.206. The number of rotatable bonds is 1. The predicted octanol–water partition coefficient (Wildman–Crippen LogP) is 3.00. The molecule has 1 amide bonds. The molecule has 0 saturated carbocycles. The van der Waals surface area contributed by atoms with Gasteiger partial charge in [-0.05, 0) is 18.6 Å². The van der Waals surface area contributed by atoms with Crippen LogP contribution in [0, 0.1) is 0 Å². The molecule has 0 bridgehead atoms. The van der Waals surface area contributed by atoms with E-state index in [-0.39, 0.29) is 5.91 Å². The summed E-state index contributed by atoms with van der Waals surface area (Å²) < 4.78 is 6.49. The second-order valence-electron chi connectivity index (χ2n) is 7.78. The maximum absolute atomic E-state index is 12.7. The number of fused-ring (bicyclic) bond motifs is 2. The number of Topliss-reactive ketones (excluding diaryl/α,β-unsaturated/α-hetero) is 2. The molecule has 0 unspecified atom stereocenters. The van der Waals surface area contributed by atoms with E-state index in [1.807, 2.05) is 23.1 Å². The van der Waals surface area contributed by atoms with Crippen molar-refractivity contribution in [3.05, 3.63) is 76.2 Å². The minimum absolute atomic E-state index is 0.00380. The van der Waals surface area contributed by atoms with Gasteiger partial charge in [0.15, 0.2) is 0 Å². The minimum atomic E-state index is -0.472. The van der Waals surface area contributed by atoms with Crippen molar-refractivity contribution in [2.45, 2.75) is 24.9 Å². The lowest BCUT2D eigenvalue weighted by Gasteiger charge is -2.45. The summed E-state index contributed by atoms with van der Waals surface area (Å²) in [5, 5.41) is 0. The average Bonchev–Trinajstić information content (AvgIpc) is 3.05. The van der Waals surface area contributed by atoms with E-state index in [2.05, 4.69) is 4.98 Å². The van der Waals surface area contributed by atoms with Gasteiger partial charge in [0.1, 0.15) is 16.3 Å². The van der Waals surface area contributed by atoms with Crippen LogP contribution in [0.4, 0.5) is 0 Å². The van der Waals surface area contributed by atoms with Crippen molar-refractivity contribution in [2.24, 2.45) is 0 Å². The van der Waals surface area contributed by atoms with Crippen molar-refractivity contribution in [1.82, 2.24) is 9.88 Å². The van der Waals surface area contributed by atoms with Crippen LogP contribution < -0.4 is 0 Å². The van der Waals surface area contributed by atoms with Gasteiger partial charge in [0.05, 0.1) is 0 Å². The number of hydrogen-bond acceptors (Lipinski definition) is 6. The van der Waals surface area contributed by atoms with Gasteiger partial charge < -0.3 is 9.64 Å². The third-order valence-electron chi connectivity index (χ3n) is 5.94. The van der Waals surface area contributed by atoms with Crippen molar-refractivity contribution in [3.63, 3.8) is 0 Å². The molecule has 1 aromatic heterocycles. The first-order valence-electron chi connectivity index (χ1n) is 10.0. The number of allylic oxidation sites excluding steroid dienone is 6. The number of hydrogen-bond donors (Lipinski definition) is 0. The first-order valence-corrected chi connectivity index (χ1v) is 11.0. The number of thioether (sulfide) groups is 1. The van der Waals surface area contributed by atoms with Gasteiger partial charge >= 0.3 is 0 Å². The lowest BCUT2D eigenvalue weighted by molar-refractivity contribution is -0.132. The molecule has 6 nitrogen and oxygen atoms in total. The molecule has 2 aliphatic carbocycles. The quantitative estimate of drug-likeness (QED) is 0.650. The van der Waals surface area contributed by atoms with E-state index in [0.29, 0.717) is 65.5 Å². The van der Waals surface area contributed by atoms with Crippen LogP contribution >= 0.6 is 11.8 Å². The standard InChI is InChI=1S/C23H20N2O4S/c26-18-16-4-2-1-3-5-17(16)20-21(19(18)27)30-14-23(29-20)8-12-25(13-9-23)22(28)15-6-10-24-11-7-15/h1,3-7,10-11H,2,8-9,12-14H2. The molecular weight excluding hydrogens is 400 g/mol. The van der Waals surface area contributed by atoms with Gasteiger partial charge in [0.25, 0.3) is 5.91 Å². The van der Waals surface area contributed by atoms with Crippen molar-refractivity contribution >= 4 is 29.2 Å². The normalized spacial score (nSPS) is 22.6. The lowest BCUT2D eigenvalue weighted by Crippen LogP contribution is -2.51. The molecule has 0 N–H and O–H groups in total. The maximum Gasteiger partial charge on any atom is 0.253 e. The van der Waals surface area contributed by atoms with Crippen molar-refractivity contribution in [2.75, 3.05) is 18.8 Å². The van der Waals surface area contributed by atoms with Crippen LogP contribution in [0.3, 0.4) is 0 Å². The van der Waals surface area contributed by atoms with E-state index < -0.39 is 17.2 Å². The Morgan fingerprint density at radius 1 is 1.10 bits per heavy atom. The van der Waals surface area contributed by atoms with Crippen molar-refractivity contribution in [3.8, 4) is 0 Å². The SMILES string of the molecule is O=C1C(=O)C2=C(OC3(CCN(C(=O)c4ccncc4)CC3)CS2)C2=CC=CCC=C12. The highest BCUT2D eigenvalue weighted by Gasteiger charge is 2.47.